The summed E-state index contributed by atoms with van der Waals surface area (Å²) in [5.74, 6) is 1.09. The number of hydrogen-bond acceptors (Lipinski definition) is 6. The van der Waals surface area contributed by atoms with Crippen LogP contribution in [0.1, 0.15) is 18.5 Å². The highest BCUT2D eigenvalue weighted by molar-refractivity contribution is 7.98. The van der Waals surface area contributed by atoms with E-state index in [9.17, 15) is 0 Å². The van der Waals surface area contributed by atoms with Gasteiger partial charge in [0.1, 0.15) is 5.82 Å². The van der Waals surface area contributed by atoms with Crippen LogP contribution in [0.15, 0.2) is 11.2 Å². The van der Waals surface area contributed by atoms with Crippen molar-refractivity contribution in [1.29, 1.82) is 0 Å². The molecule has 1 aromatic heterocycles. The first kappa shape index (κ1) is 15.1. The summed E-state index contributed by atoms with van der Waals surface area (Å²) in [4.78, 5) is 14.1. The largest absolute Gasteiger partial charge is 0.379 e. The van der Waals surface area contributed by atoms with Crippen molar-refractivity contribution in [2.24, 2.45) is 0 Å². The molecule has 0 N–H and O–H groups in total. The van der Waals surface area contributed by atoms with Crippen molar-refractivity contribution in [3.63, 3.8) is 0 Å². The maximum absolute atomic E-state index is 5.45. The van der Waals surface area contributed by atoms with E-state index in [4.69, 9.17) is 4.74 Å². The number of hydrogen-bond donors (Lipinski definition) is 0. The van der Waals surface area contributed by atoms with Crippen LogP contribution >= 0.6 is 11.8 Å². The first-order chi connectivity index (χ1) is 10.3. The molecule has 0 bridgehead atoms. The summed E-state index contributed by atoms with van der Waals surface area (Å²) in [7, 11) is 0. The van der Waals surface area contributed by atoms with Crippen LogP contribution in [0.25, 0.3) is 0 Å². The van der Waals surface area contributed by atoms with E-state index in [1.54, 1.807) is 11.8 Å². The van der Waals surface area contributed by atoms with Gasteiger partial charge in [0.25, 0.3) is 0 Å². The van der Waals surface area contributed by atoms with Crippen LogP contribution in [0.5, 0.6) is 0 Å². The number of rotatable bonds is 3. The second-order valence-corrected chi connectivity index (χ2v) is 6.49. The molecule has 0 spiro atoms. The van der Waals surface area contributed by atoms with Crippen LogP contribution in [-0.4, -0.2) is 66.6 Å². The lowest BCUT2D eigenvalue weighted by Gasteiger charge is -2.40. The van der Waals surface area contributed by atoms with Gasteiger partial charge in [-0.3, -0.25) is 4.90 Å². The number of aromatic nitrogens is 2. The number of ether oxygens (including phenoxy) is 1. The number of aryl methyl sites for hydroxylation is 1. The van der Waals surface area contributed by atoms with E-state index >= 15 is 0 Å². The van der Waals surface area contributed by atoms with Crippen molar-refractivity contribution < 1.29 is 4.74 Å². The van der Waals surface area contributed by atoms with Gasteiger partial charge in [-0.25, -0.2) is 9.97 Å². The van der Waals surface area contributed by atoms with Crippen LogP contribution in [-0.2, 0) is 4.74 Å². The van der Waals surface area contributed by atoms with Crippen LogP contribution in [0, 0.1) is 6.92 Å². The van der Waals surface area contributed by atoms with Gasteiger partial charge in [0.05, 0.1) is 13.2 Å². The summed E-state index contributed by atoms with van der Waals surface area (Å²) < 4.78 is 5.45. The highest BCUT2D eigenvalue weighted by atomic mass is 32.2. The molecule has 116 valence electrons. The molecule has 0 unspecified atom stereocenters. The van der Waals surface area contributed by atoms with Crippen molar-refractivity contribution in [3.8, 4) is 0 Å². The Morgan fingerprint density at radius 2 is 1.86 bits per heavy atom. The van der Waals surface area contributed by atoms with Gasteiger partial charge in [-0.15, -0.1) is 0 Å². The Hall–Kier alpha value is -0.850. The van der Waals surface area contributed by atoms with E-state index in [1.165, 1.54) is 12.8 Å². The smallest absolute Gasteiger partial charge is 0.189 e. The fourth-order valence-corrected chi connectivity index (χ4v) is 3.60. The Morgan fingerprint density at radius 3 is 2.52 bits per heavy atom. The van der Waals surface area contributed by atoms with E-state index in [-0.39, 0.29) is 0 Å². The minimum atomic E-state index is 0.716. The lowest BCUT2D eigenvalue weighted by Crippen LogP contribution is -2.49. The molecular formula is C15H24N4OS. The Morgan fingerprint density at radius 1 is 1.14 bits per heavy atom. The molecule has 1 aromatic rings. The van der Waals surface area contributed by atoms with Gasteiger partial charge >= 0.3 is 0 Å². The topological polar surface area (TPSA) is 41.5 Å². The minimum absolute atomic E-state index is 0.716. The average Bonchev–Trinajstić information content (AvgIpc) is 2.55. The van der Waals surface area contributed by atoms with Gasteiger partial charge in [-0.2, -0.15) is 0 Å². The summed E-state index contributed by atoms with van der Waals surface area (Å²) in [5, 5.41) is 0.875. The zero-order chi connectivity index (χ0) is 14.7. The van der Waals surface area contributed by atoms with Gasteiger partial charge in [-0.05, 0) is 26.0 Å². The van der Waals surface area contributed by atoms with Crippen molar-refractivity contribution in [2.45, 2.75) is 31.0 Å². The number of morpholine rings is 1. The molecule has 3 rings (SSSR count). The molecule has 0 aromatic carbocycles. The first-order valence-corrected chi connectivity index (χ1v) is 8.95. The molecule has 2 aliphatic rings. The second kappa shape index (κ2) is 6.94. The Kier molecular flexibility index (Phi) is 4.98. The zero-order valence-corrected chi connectivity index (χ0v) is 13.7. The zero-order valence-electron chi connectivity index (χ0n) is 12.9. The van der Waals surface area contributed by atoms with E-state index in [0.717, 1.165) is 56.1 Å². The van der Waals surface area contributed by atoms with E-state index in [0.29, 0.717) is 6.04 Å². The second-order valence-electron chi connectivity index (χ2n) is 5.72. The third-order valence-corrected chi connectivity index (χ3v) is 4.90. The van der Waals surface area contributed by atoms with Gasteiger partial charge in [0.15, 0.2) is 5.16 Å². The van der Waals surface area contributed by atoms with E-state index in [2.05, 4.69) is 25.8 Å². The number of thioether (sulfide) groups is 1. The van der Waals surface area contributed by atoms with Crippen molar-refractivity contribution >= 4 is 17.6 Å². The third-order valence-electron chi connectivity index (χ3n) is 4.35. The van der Waals surface area contributed by atoms with Crippen molar-refractivity contribution in [2.75, 3.05) is 50.5 Å². The highest BCUT2D eigenvalue weighted by Crippen LogP contribution is 2.23. The van der Waals surface area contributed by atoms with E-state index in [1.807, 2.05) is 13.2 Å². The van der Waals surface area contributed by atoms with Crippen molar-refractivity contribution in [3.05, 3.63) is 11.8 Å². The Balaban J connectivity index is 1.61. The molecule has 2 saturated heterocycles. The van der Waals surface area contributed by atoms with E-state index < -0.39 is 0 Å². The minimum Gasteiger partial charge on any atom is -0.379 e. The fourth-order valence-electron chi connectivity index (χ4n) is 3.18. The summed E-state index contributed by atoms with van der Waals surface area (Å²) in [6.07, 6.45) is 4.47. The number of nitrogens with zero attached hydrogens (tertiary/aromatic N) is 4. The molecule has 0 amide bonds. The van der Waals surface area contributed by atoms with Crippen molar-refractivity contribution in [1.82, 2.24) is 14.9 Å². The fraction of sp³-hybridized carbons (Fsp3) is 0.733. The van der Waals surface area contributed by atoms with Crippen LogP contribution < -0.4 is 4.90 Å². The van der Waals surface area contributed by atoms with Crippen LogP contribution in [0.3, 0.4) is 0 Å². The van der Waals surface area contributed by atoms with Gasteiger partial charge in [0.2, 0.25) is 0 Å². The molecule has 5 nitrogen and oxygen atoms in total. The molecule has 21 heavy (non-hydrogen) atoms. The molecular weight excluding hydrogens is 284 g/mol. The third kappa shape index (κ3) is 3.67. The maximum atomic E-state index is 5.45. The van der Waals surface area contributed by atoms with Gasteiger partial charge in [0, 0.05) is 44.0 Å². The monoisotopic (exact) mass is 308 g/mol. The summed E-state index contributed by atoms with van der Waals surface area (Å²) in [5.41, 5.74) is 1.06. The summed E-state index contributed by atoms with van der Waals surface area (Å²) in [6.45, 7) is 8.19. The number of anilines is 1. The molecule has 0 radical (unpaired) electrons. The first-order valence-electron chi connectivity index (χ1n) is 7.72. The normalized spacial score (nSPS) is 21.7. The summed E-state index contributed by atoms with van der Waals surface area (Å²) in [6, 6.07) is 2.82. The lowest BCUT2D eigenvalue weighted by molar-refractivity contribution is 0.0114. The lowest BCUT2D eigenvalue weighted by atomic mass is 10.0. The SMILES string of the molecule is CSc1nc(C)cc(N2CCC(N3CCOCC3)CC2)n1. The predicted octanol–water partition coefficient (Wildman–Crippen LogP) is 1.81. The molecule has 0 aliphatic carbocycles. The molecule has 2 aliphatic heterocycles. The van der Waals surface area contributed by atoms with Gasteiger partial charge in [-0.1, -0.05) is 11.8 Å². The number of piperidine rings is 1. The van der Waals surface area contributed by atoms with Crippen LogP contribution in [0.4, 0.5) is 5.82 Å². The molecule has 6 heteroatoms. The quantitative estimate of drug-likeness (QED) is 0.626. The van der Waals surface area contributed by atoms with Gasteiger partial charge < -0.3 is 9.64 Å². The molecule has 3 heterocycles. The standard InChI is InChI=1S/C15H24N4OS/c1-12-11-14(17-15(16-12)21-2)19-5-3-13(4-6-19)18-7-9-20-10-8-18/h11,13H,3-10H2,1-2H3. The summed E-state index contributed by atoms with van der Waals surface area (Å²) >= 11 is 1.61. The Labute approximate surface area is 131 Å². The predicted molar refractivity (Wildman–Crippen MR) is 86.2 cm³/mol. The molecule has 2 fully saturated rings. The average molecular weight is 308 g/mol. The highest BCUT2D eigenvalue weighted by Gasteiger charge is 2.26. The Bertz CT molecular complexity index is 471. The maximum Gasteiger partial charge on any atom is 0.189 e. The molecule has 0 atom stereocenters. The molecule has 0 saturated carbocycles. The van der Waals surface area contributed by atoms with Crippen LogP contribution in [0.2, 0.25) is 0 Å².